The topological polar surface area (TPSA) is 96.2 Å². The summed E-state index contributed by atoms with van der Waals surface area (Å²) < 4.78 is 1.64. The lowest BCUT2D eigenvalue weighted by atomic mass is 10.1. The Labute approximate surface area is 180 Å². The summed E-state index contributed by atoms with van der Waals surface area (Å²) in [4.78, 5) is 33.3. The standard InChI is InChI=1S/C22H25N7O2/c1-16(2)22(31)28-12-10-27(11-13-28)18-8-6-17(7-9-18)25-21(30)19-4-3-5-20(26-19)29-14-23-24-15-29/h3-9,14-16H,10-13H2,1-2H3,(H,25,30). The van der Waals surface area contributed by atoms with Gasteiger partial charge in [-0.1, -0.05) is 19.9 Å². The molecule has 1 aliphatic rings. The molecule has 31 heavy (non-hydrogen) atoms. The maximum absolute atomic E-state index is 12.6. The molecule has 1 saturated heterocycles. The molecule has 160 valence electrons. The van der Waals surface area contributed by atoms with Crippen LogP contribution in [-0.2, 0) is 4.79 Å². The Balaban J connectivity index is 1.37. The van der Waals surface area contributed by atoms with Crippen LogP contribution in [0.3, 0.4) is 0 Å². The summed E-state index contributed by atoms with van der Waals surface area (Å²) >= 11 is 0. The van der Waals surface area contributed by atoms with Gasteiger partial charge in [0.25, 0.3) is 5.91 Å². The maximum Gasteiger partial charge on any atom is 0.274 e. The van der Waals surface area contributed by atoms with Crippen LogP contribution >= 0.6 is 0 Å². The molecule has 9 heteroatoms. The van der Waals surface area contributed by atoms with E-state index in [1.807, 2.05) is 43.0 Å². The van der Waals surface area contributed by atoms with Crippen molar-refractivity contribution < 1.29 is 9.59 Å². The molecule has 1 N–H and O–H groups in total. The van der Waals surface area contributed by atoms with Crippen LogP contribution in [0.15, 0.2) is 55.1 Å². The smallest absolute Gasteiger partial charge is 0.274 e. The quantitative estimate of drug-likeness (QED) is 0.681. The van der Waals surface area contributed by atoms with E-state index in [4.69, 9.17) is 0 Å². The van der Waals surface area contributed by atoms with Crippen LogP contribution in [-0.4, -0.2) is 62.6 Å². The van der Waals surface area contributed by atoms with E-state index in [0.717, 1.165) is 31.9 Å². The zero-order chi connectivity index (χ0) is 21.8. The molecule has 0 atom stereocenters. The van der Waals surface area contributed by atoms with Crippen LogP contribution in [0.5, 0.6) is 0 Å². The van der Waals surface area contributed by atoms with E-state index in [1.54, 1.807) is 22.8 Å². The van der Waals surface area contributed by atoms with Gasteiger partial charge in [-0.15, -0.1) is 10.2 Å². The van der Waals surface area contributed by atoms with Gasteiger partial charge in [0.2, 0.25) is 5.91 Å². The van der Waals surface area contributed by atoms with Gasteiger partial charge in [-0.2, -0.15) is 0 Å². The monoisotopic (exact) mass is 419 g/mol. The number of hydrogen-bond donors (Lipinski definition) is 1. The molecule has 1 fully saturated rings. The Morgan fingerprint density at radius 1 is 0.935 bits per heavy atom. The summed E-state index contributed by atoms with van der Waals surface area (Å²) in [7, 11) is 0. The van der Waals surface area contributed by atoms with Crippen LogP contribution < -0.4 is 10.2 Å². The van der Waals surface area contributed by atoms with Crippen LogP contribution in [0.2, 0.25) is 0 Å². The van der Waals surface area contributed by atoms with Gasteiger partial charge in [-0.3, -0.25) is 14.2 Å². The van der Waals surface area contributed by atoms with E-state index in [1.165, 1.54) is 12.7 Å². The highest BCUT2D eigenvalue weighted by molar-refractivity contribution is 6.03. The van der Waals surface area contributed by atoms with Gasteiger partial charge in [0.15, 0.2) is 0 Å². The number of amides is 2. The Kier molecular flexibility index (Phi) is 5.92. The van der Waals surface area contributed by atoms with E-state index < -0.39 is 0 Å². The third kappa shape index (κ3) is 4.71. The highest BCUT2D eigenvalue weighted by Crippen LogP contribution is 2.20. The molecule has 4 rings (SSSR count). The van der Waals surface area contributed by atoms with Gasteiger partial charge in [0, 0.05) is 43.5 Å². The number of carbonyl (C=O) groups excluding carboxylic acids is 2. The van der Waals surface area contributed by atoms with Crippen molar-refractivity contribution in [2.45, 2.75) is 13.8 Å². The third-order valence-electron chi connectivity index (χ3n) is 5.23. The van der Waals surface area contributed by atoms with Gasteiger partial charge in [0.05, 0.1) is 0 Å². The van der Waals surface area contributed by atoms with Crippen LogP contribution in [0, 0.1) is 5.92 Å². The fraction of sp³-hybridized carbons (Fsp3) is 0.318. The number of anilines is 2. The van der Waals surface area contributed by atoms with Gasteiger partial charge in [0.1, 0.15) is 24.2 Å². The largest absolute Gasteiger partial charge is 0.368 e. The molecule has 0 aliphatic carbocycles. The predicted molar refractivity (Wildman–Crippen MR) is 117 cm³/mol. The first kappa shape index (κ1) is 20.5. The summed E-state index contributed by atoms with van der Waals surface area (Å²) in [6, 6.07) is 12.9. The number of nitrogens with one attached hydrogen (secondary N) is 1. The number of pyridine rings is 1. The molecule has 0 unspecified atom stereocenters. The SMILES string of the molecule is CC(C)C(=O)N1CCN(c2ccc(NC(=O)c3cccc(-n4cnnc4)n3)cc2)CC1. The summed E-state index contributed by atoms with van der Waals surface area (Å²) in [5.41, 5.74) is 2.07. The minimum atomic E-state index is -0.288. The second-order valence-corrected chi connectivity index (χ2v) is 7.72. The Morgan fingerprint density at radius 2 is 1.61 bits per heavy atom. The molecule has 3 aromatic rings. The molecule has 3 heterocycles. The fourth-order valence-electron chi connectivity index (χ4n) is 3.51. The van der Waals surface area contributed by atoms with Crippen molar-refractivity contribution in [3.8, 4) is 5.82 Å². The number of piperazine rings is 1. The molecule has 0 saturated carbocycles. The number of benzene rings is 1. The van der Waals surface area contributed by atoms with Crippen LogP contribution in [0.1, 0.15) is 24.3 Å². The molecule has 1 aliphatic heterocycles. The third-order valence-corrected chi connectivity index (χ3v) is 5.23. The zero-order valence-electron chi connectivity index (χ0n) is 17.6. The Morgan fingerprint density at radius 3 is 2.26 bits per heavy atom. The van der Waals surface area contributed by atoms with Crippen molar-refractivity contribution >= 4 is 23.2 Å². The van der Waals surface area contributed by atoms with Gasteiger partial charge >= 0.3 is 0 Å². The van der Waals surface area contributed by atoms with Crippen molar-refractivity contribution in [3.63, 3.8) is 0 Å². The van der Waals surface area contributed by atoms with Crippen LogP contribution in [0.25, 0.3) is 5.82 Å². The van der Waals surface area contributed by atoms with Gasteiger partial charge < -0.3 is 15.1 Å². The van der Waals surface area contributed by atoms with Gasteiger partial charge in [-0.25, -0.2) is 4.98 Å². The van der Waals surface area contributed by atoms with Gasteiger partial charge in [-0.05, 0) is 36.4 Å². The molecule has 2 aromatic heterocycles. The summed E-state index contributed by atoms with van der Waals surface area (Å²) in [6.07, 6.45) is 3.06. The fourth-order valence-corrected chi connectivity index (χ4v) is 3.51. The number of nitrogens with zero attached hydrogens (tertiary/aromatic N) is 6. The van der Waals surface area contributed by atoms with Crippen molar-refractivity contribution in [1.82, 2.24) is 24.6 Å². The molecule has 0 spiro atoms. The predicted octanol–water partition coefficient (Wildman–Crippen LogP) is 2.22. The molecule has 0 radical (unpaired) electrons. The molecule has 1 aromatic carbocycles. The lowest BCUT2D eigenvalue weighted by Crippen LogP contribution is -2.49. The average molecular weight is 419 g/mol. The van der Waals surface area contributed by atoms with E-state index >= 15 is 0 Å². The van der Waals surface area contributed by atoms with Crippen molar-refractivity contribution in [3.05, 3.63) is 60.8 Å². The number of aromatic nitrogens is 4. The molecule has 9 nitrogen and oxygen atoms in total. The van der Waals surface area contributed by atoms with E-state index in [9.17, 15) is 9.59 Å². The average Bonchev–Trinajstić information content (AvgIpc) is 3.34. The zero-order valence-corrected chi connectivity index (χ0v) is 17.6. The number of hydrogen-bond acceptors (Lipinski definition) is 6. The number of rotatable bonds is 5. The minimum absolute atomic E-state index is 0.0289. The van der Waals surface area contributed by atoms with E-state index in [-0.39, 0.29) is 17.7 Å². The maximum atomic E-state index is 12.6. The van der Waals surface area contributed by atoms with E-state index in [0.29, 0.717) is 17.2 Å². The first-order chi connectivity index (χ1) is 15.0. The summed E-state index contributed by atoms with van der Waals surface area (Å²) in [6.45, 7) is 6.91. The number of carbonyl (C=O) groups is 2. The summed E-state index contributed by atoms with van der Waals surface area (Å²) in [5.74, 6) is 0.521. The lowest BCUT2D eigenvalue weighted by molar-refractivity contribution is -0.134. The Hall–Kier alpha value is -3.75. The lowest BCUT2D eigenvalue weighted by Gasteiger charge is -2.37. The van der Waals surface area contributed by atoms with Crippen LogP contribution in [0.4, 0.5) is 11.4 Å². The first-order valence-corrected chi connectivity index (χ1v) is 10.3. The van der Waals surface area contributed by atoms with Crippen molar-refractivity contribution in [1.29, 1.82) is 0 Å². The van der Waals surface area contributed by atoms with Crippen molar-refractivity contribution in [2.75, 3.05) is 36.4 Å². The second-order valence-electron chi connectivity index (χ2n) is 7.72. The second kappa shape index (κ2) is 8.95. The molecule has 2 amide bonds. The molecule has 0 bridgehead atoms. The normalized spacial score (nSPS) is 14.0. The highest BCUT2D eigenvalue weighted by Gasteiger charge is 2.23. The Bertz CT molecular complexity index is 1040. The van der Waals surface area contributed by atoms with E-state index in [2.05, 4.69) is 25.4 Å². The minimum Gasteiger partial charge on any atom is -0.368 e. The molecular formula is C22H25N7O2. The first-order valence-electron chi connectivity index (χ1n) is 10.3. The van der Waals surface area contributed by atoms with Crippen molar-refractivity contribution in [2.24, 2.45) is 5.92 Å². The summed E-state index contributed by atoms with van der Waals surface area (Å²) in [5, 5.41) is 10.4. The highest BCUT2D eigenvalue weighted by atomic mass is 16.2. The molecular weight excluding hydrogens is 394 g/mol.